The van der Waals surface area contributed by atoms with Gasteiger partial charge >= 0.3 is 0 Å². The van der Waals surface area contributed by atoms with Crippen LogP contribution in [0.2, 0.25) is 10.0 Å². The van der Waals surface area contributed by atoms with Crippen LogP contribution in [0.25, 0.3) is 0 Å². The van der Waals surface area contributed by atoms with Gasteiger partial charge in [0.2, 0.25) is 0 Å². The molecule has 0 heterocycles. The molecule has 1 amide bonds. The minimum atomic E-state index is -0.270. The Balaban J connectivity index is 2.81. The second-order valence-corrected chi connectivity index (χ2v) is 6.88. The predicted molar refractivity (Wildman–Crippen MR) is 114 cm³/mol. The minimum absolute atomic E-state index is 0.270. The molecule has 0 aliphatic carbocycles. The lowest BCUT2D eigenvalue weighted by Crippen LogP contribution is -2.37. The number of nitrogens with one attached hydrogen (secondary N) is 4. The molecule has 148 valence electrons. The third kappa shape index (κ3) is 8.06. The summed E-state index contributed by atoms with van der Waals surface area (Å²) in [6.07, 6.45) is 5.82. The Morgan fingerprint density at radius 1 is 1.19 bits per heavy atom. The van der Waals surface area contributed by atoms with Crippen molar-refractivity contribution in [3.05, 3.63) is 57.0 Å². The van der Waals surface area contributed by atoms with Gasteiger partial charge in [-0.2, -0.15) is 0 Å². The van der Waals surface area contributed by atoms with Crippen LogP contribution in [0, 0.1) is 5.41 Å². The van der Waals surface area contributed by atoms with Crippen LogP contribution in [0.1, 0.15) is 45.6 Å². The van der Waals surface area contributed by atoms with Crippen molar-refractivity contribution in [2.45, 2.75) is 46.6 Å². The number of hydrogen-bond acceptors (Lipinski definition) is 4. The van der Waals surface area contributed by atoms with Gasteiger partial charge in [0.05, 0.1) is 10.0 Å². The molecule has 5 nitrogen and oxygen atoms in total. The lowest BCUT2D eigenvalue weighted by atomic mass is 10.2. The number of carbonyl (C=O) groups is 1. The van der Waals surface area contributed by atoms with Crippen LogP contribution < -0.4 is 16.0 Å². The van der Waals surface area contributed by atoms with Gasteiger partial charge in [0.25, 0.3) is 5.91 Å². The predicted octanol–water partition coefficient (Wildman–Crippen LogP) is 4.76. The van der Waals surface area contributed by atoms with E-state index in [9.17, 15) is 4.79 Å². The molecular weight excluding hydrogens is 383 g/mol. The topological polar surface area (TPSA) is 77.0 Å². The first kappa shape index (κ1) is 23.1. The lowest BCUT2D eigenvalue weighted by molar-refractivity contribution is -0.117. The van der Waals surface area contributed by atoms with Crippen molar-refractivity contribution in [2.75, 3.05) is 6.54 Å². The summed E-state index contributed by atoms with van der Waals surface area (Å²) in [5.41, 5.74) is 1.95. The van der Waals surface area contributed by atoms with Gasteiger partial charge in [0.1, 0.15) is 11.5 Å². The van der Waals surface area contributed by atoms with Gasteiger partial charge in [0.15, 0.2) is 0 Å². The molecule has 7 heteroatoms. The first-order valence-corrected chi connectivity index (χ1v) is 9.83. The first-order valence-electron chi connectivity index (χ1n) is 9.07. The Bertz CT molecular complexity index is 714. The van der Waals surface area contributed by atoms with E-state index in [1.165, 1.54) is 6.21 Å². The van der Waals surface area contributed by atoms with E-state index in [0.29, 0.717) is 40.2 Å². The van der Waals surface area contributed by atoms with Crippen LogP contribution in [0.4, 0.5) is 0 Å². The van der Waals surface area contributed by atoms with Crippen LogP contribution >= 0.6 is 23.2 Å². The van der Waals surface area contributed by atoms with Gasteiger partial charge in [-0.05, 0) is 49.1 Å². The molecule has 0 radical (unpaired) electrons. The third-order valence-electron chi connectivity index (χ3n) is 3.79. The van der Waals surface area contributed by atoms with Crippen LogP contribution in [-0.4, -0.2) is 18.7 Å². The zero-order valence-corrected chi connectivity index (χ0v) is 17.6. The molecule has 0 aromatic heterocycles. The maximum absolute atomic E-state index is 12.7. The number of allylic oxidation sites excluding steroid dienone is 2. The van der Waals surface area contributed by atoms with Crippen LogP contribution in [0.15, 0.2) is 41.4 Å². The van der Waals surface area contributed by atoms with Gasteiger partial charge in [-0.3, -0.25) is 4.79 Å². The highest BCUT2D eigenvalue weighted by atomic mass is 35.5. The average molecular weight is 411 g/mol. The molecule has 27 heavy (non-hydrogen) atoms. The van der Waals surface area contributed by atoms with Gasteiger partial charge in [0, 0.05) is 19.3 Å². The van der Waals surface area contributed by atoms with E-state index in [4.69, 9.17) is 28.6 Å². The molecule has 0 aliphatic rings. The molecule has 4 N–H and O–H groups in total. The molecule has 1 rings (SSSR count). The molecule has 0 aliphatic heterocycles. The van der Waals surface area contributed by atoms with E-state index in [-0.39, 0.29) is 5.91 Å². The van der Waals surface area contributed by atoms with E-state index in [2.05, 4.69) is 22.9 Å². The van der Waals surface area contributed by atoms with Crippen LogP contribution in [0.3, 0.4) is 0 Å². The van der Waals surface area contributed by atoms with Gasteiger partial charge in [-0.1, -0.05) is 49.5 Å². The fraction of sp³-hybridized carbons (Fsp3) is 0.400. The maximum atomic E-state index is 12.7. The van der Waals surface area contributed by atoms with Crippen molar-refractivity contribution >= 4 is 35.3 Å². The third-order valence-corrected chi connectivity index (χ3v) is 4.53. The second-order valence-electron chi connectivity index (χ2n) is 6.06. The summed E-state index contributed by atoms with van der Waals surface area (Å²) < 4.78 is 0. The monoisotopic (exact) mass is 410 g/mol. The summed E-state index contributed by atoms with van der Waals surface area (Å²) in [5.74, 6) is 0.342. The zero-order valence-electron chi connectivity index (χ0n) is 16.1. The number of hydrogen-bond donors (Lipinski definition) is 4. The lowest BCUT2D eigenvalue weighted by Gasteiger charge is -2.16. The summed E-state index contributed by atoms with van der Waals surface area (Å²) in [6.45, 7) is 7.01. The summed E-state index contributed by atoms with van der Waals surface area (Å²) >= 11 is 12.0. The first-order chi connectivity index (χ1) is 12.9. The van der Waals surface area contributed by atoms with Crippen molar-refractivity contribution in [1.29, 1.82) is 5.41 Å². The number of halogens is 2. The number of benzene rings is 1. The highest BCUT2D eigenvalue weighted by molar-refractivity contribution is 6.42. The normalized spacial score (nSPS) is 12.3. The Morgan fingerprint density at radius 3 is 2.52 bits per heavy atom. The highest BCUT2D eigenvalue weighted by Crippen LogP contribution is 2.22. The van der Waals surface area contributed by atoms with Crippen LogP contribution in [-0.2, 0) is 11.3 Å². The zero-order chi connectivity index (χ0) is 20.2. The quantitative estimate of drug-likeness (QED) is 0.241. The van der Waals surface area contributed by atoms with Crippen molar-refractivity contribution in [3.8, 4) is 0 Å². The Morgan fingerprint density at radius 2 is 1.93 bits per heavy atom. The largest absolute Gasteiger partial charge is 0.380 e. The number of carbonyl (C=O) groups excluding carboxylic acids is 1. The number of amides is 1. The molecular formula is C20H28Cl2N4O. The highest BCUT2D eigenvalue weighted by Gasteiger charge is 2.13. The van der Waals surface area contributed by atoms with Crippen molar-refractivity contribution < 1.29 is 4.79 Å². The SMILES string of the molecule is CCC=C(NCc1ccc(Cl)c(Cl)c1)NC(=O)/C(NCCCC)=C(\C)C=N. The second kappa shape index (κ2) is 12.4. The van der Waals surface area contributed by atoms with Gasteiger partial charge < -0.3 is 21.4 Å². The van der Waals surface area contributed by atoms with E-state index < -0.39 is 0 Å². The average Bonchev–Trinajstić information content (AvgIpc) is 2.65. The van der Waals surface area contributed by atoms with Gasteiger partial charge in [-0.25, -0.2) is 0 Å². The van der Waals surface area contributed by atoms with Crippen molar-refractivity contribution in [2.24, 2.45) is 0 Å². The number of rotatable bonds is 11. The van der Waals surface area contributed by atoms with E-state index in [0.717, 1.165) is 24.8 Å². The fourth-order valence-electron chi connectivity index (χ4n) is 2.26. The molecule has 0 fully saturated rings. The molecule has 1 aromatic carbocycles. The summed E-state index contributed by atoms with van der Waals surface area (Å²) in [4.78, 5) is 12.7. The summed E-state index contributed by atoms with van der Waals surface area (Å²) in [7, 11) is 0. The van der Waals surface area contributed by atoms with Gasteiger partial charge in [-0.15, -0.1) is 0 Å². The summed E-state index contributed by atoms with van der Waals surface area (Å²) in [6, 6.07) is 5.41. The van der Waals surface area contributed by atoms with E-state index >= 15 is 0 Å². The standard InChI is InChI=1S/C20H28Cl2N4O/c1-4-6-10-24-19(14(3)12-23)20(27)26-18(7-5-2)25-13-15-8-9-16(21)17(22)11-15/h7-9,11-12,23-25H,4-6,10,13H2,1-3H3,(H,26,27)/b18-7?,19-14-,23-12?. The minimum Gasteiger partial charge on any atom is -0.380 e. The molecule has 0 atom stereocenters. The van der Waals surface area contributed by atoms with E-state index in [1.807, 2.05) is 19.1 Å². The molecule has 0 bridgehead atoms. The Hall–Kier alpha value is -1.98. The molecule has 0 saturated carbocycles. The van der Waals surface area contributed by atoms with E-state index in [1.54, 1.807) is 19.1 Å². The molecule has 0 saturated heterocycles. The summed E-state index contributed by atoms with van der Waals surface area (Å²) in [5, 5.41) is 17.7. The maximum Gasteiger partial charge on any atom is 0.273 e. The molecule has 0 unspecified atom stereocenters. The Kier molecular flexibility index (Phi) is 10.6. The fourth-order valence-corrected chi connectivity index (χ4v) is 2.59. The number of unbranched alkanes of at least 4 members (excludes halogenated alkanes) is 1. The van der Waals surface area contributed by atoms with Crippen molar-refractivity contribution in [3.63, 3.8) is 0 Å². The van der Waals surface area contributed by atoms with Crippen LogP contribution in [0.5, 0.6) is 0 Å². The molecule has 1 aromatic rings. The molecule has 0 spiro atoms. The smallest absolute Gasteiger partial charge is 0.273 e. The van der Waals surface area contributed by atoms with Crippen molar-refractivity contribution in [1.82, 2.24) is 16.0 Å². The Labute approximate surface area is 171 Å².